The van der Waals surface area contributed by atoms with Crippen molar-refractivity contribution < 1.29 is 23.9 Å². The Hall–Kier alpha value is -4.58. The molecule has 2 aromatic heterocycles. The fourth-order valence-electron chi connectivity index (χ4n) is 3.73. The van der Waals surface area contributed by atoms with Gasteiger partial charge in [-0.05, 0) is 58.7 Å². The molecule has 0 bridgehead atoms. The van der Waals surface area contributed by atoms with Gasteiger partial charge in [0, 0.05) is 18.3 Å². The molecule has 0 saturated heterocycles. The maximum absolute atomic E-state index is 5.40. The summed E-state index contributed by atoms with van der Waals surface area (Å²) in [5.74, 6) is 2.81. The van der Waals surface area contributed by atoms with Crippen molar-refractivity contribution >= 4 is 24.3 Å². The molecule has 182 valence electrons. The highest BCUT2D eigenvalue weighted by Crippen LogP contribution is 2.29. The Morgan fingerprint density at radius 1 is 0.556 bits per heavy atom. The lowest BCUT2D eigenvalue weighted by atomic mass is 10.1. The lowest BCUT2D eigenvalue weighted by Crippen LogP contribution is -2.06. The SMILES string of the molecule is COc1ccc(/C=C/c2ccnc(-c3cc(/C=C/c4ccc(OC)c(OC)c4)cc[nH+]3)c2)cc1OC. The van der Waals surface area contributed by atoms with Crippen LogP contribution in [-0.4, -0.2) is 33.4 Å². The Morgan fingerprint density at radius 2 is 1.06 bits per heavy atom. The summed E-state index contributed by atoms with van der Waals surface area (Å²) in [5, 5.41) is 0. The molecule has 0 unspecified atom stereocenters. The molecule has 0 aliphatic carbocycles. The van der Waals surface area contributed by atoms with Gasteiger partial charge in [-0.15, -0.1) is 0 Å². The van der Waals surface area contributed by atoms with Crippen LogP contribution in [-0.2, 0) is 0 Å². The van der Waals surface area contributed by atoms with Crippen molar-refractivity contribution in [3.8, 4) is 34.4 Å². The number of pyridine rings is 2. The summed E-state index contributed by atoms with van der Waals surface area (Å²) in [5.41, 5.74) is 5.89. The van der Waals surface area contributed by atoms with Crippen LogP contribution in [0.1, 0.15) is 22.3 Å². The first-order valence-corrected chi connectivity index (χ1v) is 11.4. The van der Waals surface area contributed by atoms with Crippen molar-refractivity contribution in [2.75, 3.05) is 28.4 Å². The molecule has 2 heterocycles. The zero-order chi connectivity index (χ0) is 25.3. The number of H-pyrrole nitrogens is 1. The summed E-state index contributed by atoms with van der Waals surface area (Å²) in [7, 11) is 6.53. The summed E-state index contributed by atoms with van der Waals surface area (Å²) in [6.07, 6.45) is 11.9. The van der Waals surface area contributed by atoms with Crippen molar-refractivity contribution in [2.24, 2.45) is 0 Å². The third-order valence-corrected chi connectivity index (χ3v) is 5.64. The van der Waals surface area contributed by atoms with Gasteiger partial charge in [0.15, 0.2) is 29.2 Å². The van der Waals surface area contributed by atoms with E-state index in [2.05, 4.69) is 22.1 Å². The molecule has 0 spiro atoms. The van der Waals surface area contributed by atoms with Crippen molar-refractivity contribution in [3.05, 3.63) is 95.3 Å². The van der Waals surface area contributed by atoms with Crippen LogP contribution in [0.5, 0.6) is 23.0 Å². The number of aromatic nitrogens is 2. The van der Waals surface area contributed by atoms with E-state index >= 15 is 0 Å². The Kier molecular flexibility index (Phi) is 7.98. The Morgan fingerprint density at radius 3 is 1.58 bits per heavy atom. The van der Waals surface area contributed by atoms with E-state index in [9.17, 15) is 0 Å². The Labute approximate surface area is 211 Å². The van der Waals surface area contributed by atoms with Gasteiger partial charge in [0.2, 0.25) is 5.69 Å². The van der Waals surface area contributed by atoms with Crippen LogP contribution < -0.4 is 23.9 Å². The minimum absolute atomic E-state index is 0.697. The Balaban J connectivity index is 1.53. The first kappa shape index (κ1) is 24.5. The highest BCUT2D eigenvalue weighted by Gasteiger charge is 2.09. The molecule has 0 saturated carbocycles. The van der Waals surface area contributed by atoms with E-state index in [1.54, 1.807) is 28.4 Å². The van der Waals surface area contributed by atoms with Crippen LogP contribution in [0.15, 0.2) is 73.1 Å². The van der Waals surface area contributed by atoms with Crippen LogP contribution in [0, 0.1) is 0 Å². The average molecular weight is 482 g/mol. The van der Waals surface area contributed by atoms with Gasteiger partial charge < -0.3 is 18.9 Å². The number of aromatic amines is 1. The van der Waals surface area contributed by atoms with E-state index in [0.717, 1.165) is 33.6 Å². The fourth-order valence-corrected chi connectivity index (χ4v) is 3.73. The van der Waals surface area contributed by atoms with Gasteiger partial charge in [-0.3, -0.25) is 0 Å². The second kappa shape index (κ2) is 11.7. The zero-order valence-corrected chi connectivity index (χ0v) is 20.8. The van der Waals surface area contributed by atoms with Gasteiger partial charge in [0.05, 0.1) is 28.4 Å². The molecule has 2 aromatic carbocycles. The molecule has 6 nitrogen and oxygen atoms in total. The second-order valence-electron chi connectivity index (χ2n) is 7.91. The smallest absolute Gasteiger partial charge is 0.230 e. The van der Waals surface area contributed by atoms with Gasteiger partial charge in [0.1, 0.15) is 5.69 Å². The van der Waals surface area contributed by atoms with Crippen molar-refractivity contribution in [1.82, 2.24) is 4.98 Å². The first-order valence-electron chi connectivity index (χ1n) is 11.4. The largest absolute Gasteiger partial charge is 0.493 e. The summed E-state index contributed by atoms with van der Waals surface area (Å²) in [6, 6.07) is 19.8. The number of hydrogen-bond acceptors (Lipinski definition) is 5. The molecule has 0 radical (unpaired) electrons. The minimum atomic E-state index is 0.697. The summed E-state index contributed by atoms with van der Waals surface area (Å²) in [6.45, 7) is 0. The quantitative estimate of drug-likeness (QED) is 0.296. The van der Waals surface area contributed by atoms with Crippen LogP contribution >= 0.6 is 0 Å². The number of nitrogens with one attached hydrogen (secondary N) is 1. The van der Waals surface area contributed by atoms with Crippen LogP contribution in [0.25, 0.3) is 35.7 Å². The van der Waals surface area contributed by atoms with Crippen LogP contribution in [0.2, 0.25) is 0 Å². The summed E-state index contributed by atoms with van der Waals surface area (Å²) in [4.78, 5) is 7.86. The second-order valence-corrected chi connectivity index (χ2v) is 7.91. The maximum atomic E-state index is 5.40. The first-order chi connectivity index (χ1) is 17.6. The molecule has 1 N–H and O–H groups in total. The topological polar surface area (TPSA) is 64.0 Å². The molecular weight excluding hydrogens is 452 g/mol. The summed E-state index contributed by atoms with van der Waals surface area (Å²) < 4.78 is 21.4. The minimum Gasteiger partial charge on any atom is -0.493 e. The lowest BCUT2D eigenvalue weighted by Gasteiger charge is -2.07. The summed E-state index contributed by atoms with van der Waals surface area (Å²) >= 11 is 0. The molecular formula is C30H29N2O4+. The third-order valence-electron chi connectivity index (χ3n) is 5.64. The highest BCUT2D eigenvalue weighted by molar-refractivity contribution is 5.74. The van der Waals surface area contributed by atoms with Crippen LogP contribution in [0.4, 0.5) is 0 Å². The predicted octanol–water partition coefficient (Wildman–Crippen LogP) is 5.94. The molecule has 0 amide bonds. The average Bonchev–Trinajstić information content (AvgIpc) is 2.94. The molecule has 6 heteroatoms. The number of rotatable bonds is 9. The Bertz CT molecular complexity index is 1290. The molecule has 0 atom stereocenters. The van der Waals surface area contributed by atoms with E-state index in [1.165, 1.54) is 0 Å². The van der Waals surface area contributed by atoms with Gasteiger partial charge in [-0.2, -0.15) is 0 Å². The third kappa shape index (κ3) is 5.91. The van der Waals surface area contributed by atoms with Crippen LogP contribution in [0.3, 0.4) is 0 Å². The zero-order valence-electron chi connectivity index (χ0n) is 20.8. The number of ether oxygens (including phenoxy) is 4. The molecule has 0 aliphatic heterocycles. The normalized spacial score (nSPS) is 11.1. The highest BCUT2D eigenvalue weighted by atomic mass is 16.5. The standard InChI is InChI=1S/C30H28N2O4/c1-33-27-11-9-21(19-29(27)35-3)5-7-23-13-15-31-25(17-23)26-18-24(14-16-32-26)8-6-22-10-12-28(34-2)30(20-22)36-4/h5-20H,1-4H3/p+1/b7-5+,8-6+. The number of nitrogens with zero attached hydrogens (tertiary/aromatic N) is 1. The molecule has 4 rings (SSSR count). The van der Waals surface area contributed by atoms with Gasteiger partial charge in [-0.1, -0.05) is 36.4 Å². The number of benzene rings is 2. The van der Waals surface area contributed by atoms with Gasteiger partial charge in [-0.25, -0.2) is 9.97 Å². The van der Waals surface area contributed by atoms with Crippen molar-refractivity contribution in [3.63, 3.8) is 0 Å². The maximum Gasteiger partial charge on any atom is 0.230 e. The number of hydrogen-bond donors (Lipinski definition) is 0. The lowest BCUT2D eigenvalue weighted by molar-refractivity contribution is -0.364. The monoisotopic (exact) mass is 481 g/mol. The molecule has 0 aliphatic rings. The predicted molar refractivity (Wildman–Crippen MR) is 143 cm³/mol. The van der Waals surface area contributed by atoms with E-state index in [-0.39, 0.29) is 0 Å². The van der Waals surface area contributed by atoms with E-state index < -0.39 is 0 Å². The molecule has 0 fully saturated rings. The number of methoxy groups -OCH3 is 4. The van der Waals surface area contributed by atoms with E-state index in [0.29, 0.717) is 23.0 Å². The van der Waals surface area contributed by atoms with Crippen molar-refractivity contribution in [2.45, 2.75) is 0 Å². The molecule has 36 heavy (non-hydrogen) atoms. The van der Waals surface area contributed by atoms with E-state index in [4.69, 9.17) is 18.9 Å². The van der Waals surface area contributed by atoms with Crippen molar-refractivity contribution in [1.29, 1.82) is 0 Å². The van der Waals surface area contributed by atoms with Gasteiger partial charge >= 0.3 is 0 Å². The fraction of sp³-hybridized carbons (Fsp3) is 0.133. The van der Waals surface area contributed by atoms with Gasteiger partial charge in [0.25, 0.3) is 0 Å². The molecule has 4 aromatic rings. The van der Waals surface area contributed by atoms with E-state index in [1.807, 2.05) is 85.2 Å².